The van der Waals surface area contributed by atoms with E-state index in [0.717, 1.165) is 36.0 Å². The summed E-state index contributed by atoms with van der Waals surface area (Å²) in [6.07, 6.45) is 7.80. The van der Waals surface area contributed by atoms with Crippen LogP contribution in [0.2, 0.25) is 0 Å². The highest BCUT2D eigenvalue weighted by molar-refractivity contribution is 5.47. The van der Waals surface area contributed by atoms with Crippen molar-refractivity contribution in [1.29, 1.82) is 0 Å². The van der Waals surface area contributed by atoms with Crippen LogP contribution in [0.3, 0.4) is 0 Å². The molecule has 0 radical (unpaired) electrons. The molecule has 1 N–H and O–H groups in total. The Morgan fingerprint density at radius 3 is 2.67 bits per heavy atom. The molecule has 24 heavy (non-hydrogen) atoms. The standard InChI is InChI=1S/C19H23N5/c1-4-7-17-13-21-14(2)23-19(17)22-12-16-8-5-6-9-18(16)24-11-10-20-15(24)3/h5-6,8-11,13H,4,7,12H2,1-3H3,(H,21,22,23). The van der Waals surface area contributed by atoms with Crippen LogP contribution in [0.25, 0.3) is 5.69 Å². The average Bonchev–Trinajstić information content (AvgIpc) is 3.01. The molecule has 3 rings (SSSR count). The van der Waals surface area contributed by atoms with Gasteiger partial charge in [-0.15, -0.1) is 0 Å². The number of aromatic nitrogens is 4. The van der Waals surface area contributed by atoms with E-state index in [4.69, 9.17) is 0 Å². The van der Waals surface area contributed by atoms with Gasteiger partial charge in [-0.1, -0.05) is 31.5 Å². The smallest absolute Gasteiger partial charge is 0.133 e. The maximum absolute atomic E-state index is 4.58. The Hall–Kier alpha value is -2.69. The Labute approximate surface area is 142 Å². The second-order valence-corrected chi connectivity index (χ2v) is 5.87. The van der Waals surface area contributed by atoms with Gasteiger partial charge in [0.05, 0.1) is 5.69 Å². The molecule has 0 saturated heterocycles. The number of imidazole rings is 1. The third-order valence-electron chi connectivity index (χ3n) is 4.03. The minimum atomic E-state index is 0.709. The second kappa shape index (κ2) is 7.25. The number of para-hydroxylation sites is 1. The van der Waals surface area contributed by atoms with Crippen LogP contribution in [0.15, 0.2) is 42.9 Å². The molecule has 0 bridgehead atoms. The highest BCUT2D eigenvalue weighted by Gasteiger charge is 2.09. The van der Waals surface area contributed by atoms with Crippen molar-refractivity contribution >= 4 is 5.82 Å². The summed E-state index contributed by atoms with van der Waals surface area (Å²) in [5, 5.41) is 3.49. The van der Waals surface area contributed by atoms with E-state index in [-0.39, 0.29) is 0 Å². The fourth-order valence-corrected chi connectivity index (χ4v) is 2.81. The summed E-state index contributed by atoms with van der Waals surface area (Å²) >= 11 is 0. The summed E-state index contributed by atoms with van der Waals surface area (Å²) < 4.78 is 2.11. The maximum atomic E-state index is 4.58. The molecule has 0 spiro atoms. The number of hydrogen-bond donors (Lipinski definition) is 1. The zero-order valence-electron chi connectivity index (χ0n) is 14.5. The Balaban J connectivity index is 1.86. The van der Waals surface area contributed by atoms with E-state index >= 15 is 0 Å². The third-order valence-corrected chi connectivity index (χ3v) is 4.03. The monoisotopic (exact) mass is 321 g/mol. The lowest BCUT2D eigenvalue weighted by molar-refractivity contribution is 0.883. The van der Waals surface area contributed by atoms with Crippen LogP contribution >= 0.6 is 0 Å². The molecule has 5 heteroatoms. The largest absolute Gasteiger partial charge is 0.366 e. The molecule has 2 heterocycles. The van der Waals surface area contributed by atoms with E-state index in [1.54, 1.807) is 0 Å². The van der Waals surface area contributed by atoms with Gasteiger partial charge < -0.3 is 9.88 Å². The van der Waals surface area contributed by atoms with Crippen LogP contribution in [-0.2, 0) is 13.0 Å². The molecule has 5 nitrogen and oxygen atoms in total. The summed E-state index contributed by atoms with van der Waals surface area (Å²) in [6.45, 7) is 6.81. The van der Waals surface area contributed by atoms with E-state index in [9.17, 15) is 0 Å². The third kappa shape index (κ3) is 3.45. The average molecular weight is 321 g/mol. The molecule has 0 amide bonds. The van der Waals surface area contributed by atoms with E-state index < -0.39 is 0 Å². The highest BCUT2D eigenvalue weighted by Crippen LogP contribution is 2.19. The molecule has 1 aromatic carbocycles. The van der Waals surface area contributed by atoms with Crippen molar-refractivity contribution in [3.8, 4) is 5.69 Å². The fraction of sp³-hybridized carbons (Fsp3) is 0.316. The molecule has 3 aromatic rings. The van der Waals surface area contributed by atoms with E-state index in [1.807, 2.05) is 32.4 Å². The van der Waals surface area contributed by atoms with E-state index in [2.05, 4.69) is 56.0 Å². The molecule has 124 valence electrons. The molecule has 0 unspecified atom stereocenters. The lowest BCUT2D eigenvalue weighted by atomic mass is 10.1. The van der Waals surface area contributed by atoms with E-state index in [0.29, 0.717) is 6.54 Å². The van der Waals surface area contributed by atoms with Gasteiger partial charge in [0.15, 0.2) is 0 Å². The van der Waals surface area contributed by atoms with Crippen molar-refractivity contribution < 1.29 is 0 Å². The number of nitrogens with zero attached hydrogens (tertiary/aromatic N) is 4. The number of hydrogen-bond acceptors (Lipinski definition) is 4. The maximum Gasteiger partial charge on any atom is 0.133 e. The number of aryl methyl sites for hydroxylation is 3. The Bertz CT molecular complexity index is 822. The SMILES string of the molecule is CCCc1cnc(C)nc1NCc1ccccc1-n1ccnc1C. The minimum absolute atomic E-state index is 0.709. The zero-order valence-corrected chi connectivity index (χ0v) is 14.5. The van der Waals surface area contributed by atoms with Crippen molar-refractivity contribution in [2.45, 2.75) is 40.2 Å². The summed E-state index contributed by atoms with van der Waals surface area (Å²) in [7, 11) is 0. The molecule has 2 aromatic heterocycles. The number of nitrogens with one attached hydrogen (secondary N) is 1. The summed E-state index contributed by atoms with van der Waals surface area (Å²) in [5.74, 6) is 2.70. The molecular formula is C19H23N5. The first-order valence-electron chi connectivity index (χ1n) is 8.33. The fourth-order valence-electron chi connectivity index (χ4n) is 2.81. The van der Waals surface area contributed by atoms with Gasteiger partial charge in [-0.25, -0.2) is 15.0 Å². The first-order valence-corrected chi connectivity index (χ1v) is 8.33. The molecule has 0 atom stereocenters. The van der Waals surface area contributed by atoms with Crippen molar-refractivity contribution in [3.05, 3.63) is 65.6 Å². The van der Waals surface area contributed by atoms with Gasteiger partial charge in [0.2, 0.25) is 0 Å². The Morgan fingerprint density at radius 1 is 1.08 bits per heavy atom. The minimum Gasteiger partial charge on any atom is -0.366 e. The topological polar surface area (TPSA) is 55.6 Å². The lowest BCUT2D eigenvalue weighted by Crippen LogP contribution is -2.09. The van der Waals surface area contributed by atoms with Crippen molar-refractivity contribution in [2.75, 3.05) is 5.32 Å². The number of rotatable bonds is 6. The van der Waals surface area contributed by atoms with Gasteiger partial charge in [0.1, 0.15) is 17.5 Å². The molecule has 0 fully saturated rings. The Kier molecular flexibility index (Phi) is 4.89. The quantitative estimate of drug-likeness (QED) is 0.749. The van der Waals surface area contributed by atoms with Crippen molar-refractivity contribution in [1.82, 2.24) is 19.5 Å². The molecular weight excluding hydrogens is 298 g/mol. The molecule has 0 aliphatic heterocycles. The van der Waals surface area contributed by atoms with Crippen molar-refractivity contribution in [2.24, 2.45) is 0 Å². The predicted octanol–water partition coefficient (Wildman–Crippen LogP) is 3.84. The van der Waals surface area contributed by atoms with Crippen LogP contribution in [0.4, 0.5) is 5.82 Å². The summed E-state index contributed by atoms with van der Waals surface area (Å²) in [5.41, 5.74) is 3.51. The highest BCUT2D eigenvalue weighted by atomic mass is 15.1. The first-order chi connectivity index (χ1) is 11.7. The van der Waals surface area contributed by atoms with Gasteiger partial charge >= 0.3 is 0 Å². The molecule has 0 aliphatic carbocycles. The predicted molar refractivity (Wildman–Crippen MR) is 96.4 cm³/mol. The zero-order chi connectivity index (χ0) is 16.9. The van der Waals surface area contributed by atoms with Crippen LogP contribution in [0.5, 0.6) is 0 Å². The van der Waals surface area contributed by atoms with Crippen LogP contribution in [0.1, 0.15) is 36.1 Å². The Morgan fingerprint density at radius 2 is 1.92 bits per heavy atom. The molecule has 0 saturated carbocycles. The van der Waals surface area contributed by atoms with E-state index in [1.165, 1.54) is 11.1 Å². The van der Waals surface area contributed by atoms with Crippen LogP contribution in [0, 0.1) is 13.8 Å². The van der Waals surface area contributed by atoms with Gasteiger partial charge in [-0.05, 0) is 31.9 Å². The summed E-state index contributed by atoms with van der Waals surface area (Å²) in [6, 6.07) is 8.36. The normalized spacial score (nSPS) is 10.8. The van der Waals surface area contributed by atoms with Gasteiger partial charge in [0.25, 0.3) is 0 Å². The van der Waals surface area contributed by atoms with Gasteiger partial charge in [-0.2, -0.15) is 0 Å². The number of benzene rings is 1. The first kappa shape index (κ1) is 16.2. The van der Waals surface area contributed by atoms with Crippen LogP contribution in [-0.4, -0.2) is 19.5 Å². The van der Waals surface area contributed by atoms with Gasteiger partial charge in [0, 0.05) is 30.7 Å². The number of anilines is 1. The second-order valence-electron chi connectivity index (χ2n) is 5.87. The summed E-state index contributed by atoms with van der Waals surface area (Å²) in [4.78, 5) is 13.2. The lowest BCUT2D eigenvalue weighted by Gasteiger charge is -2.15. The van der Waals surface area contributed by atoms with Crippen LogP contribution < -0.4 is 5.32 Å². The van der Waals surface area contributed by atoms with Crippen molar-refractivity contribution in [3.63, 3.8) is 0 Å². The molecule has 0 aliphatic rings. The van der Waals surface area contributed by atoms with Gasteiger partial charge in [-0.3, -0.25) is 0 Å².